The number of hydrogen-bond donors (Lipinski definition) is 0. The van der Waals surface area contributed by atoms with Gasteiger partial charge in [-0.25, -0.2) is 4.39 Å². The van der Waals surface area contributed by atoms with Gasteiger partial charge < -0.3 is 14.2 Å². The summed E-state index contributed by atoms with van der Waals surface area (Å²) in [7, 11) is 1.48. The number of benzene rings is 3. The van der Waals surface area contributed by atoms with E-state index in [2.05, 4.69) is 0 Å². The first-order valence-corrected chi connectivity index (χ1v) is 12.7. The largest absolute Gasteiger partial charge is 0.493 e. The molecule has 6 nitrogen and oxygen atoms in total. The van der Waals surface area contributed by atoms with Crippen LogP contribution in [-0.2, 0) is 11.4 Å². The molecule has 4 rings (SSSR count). The SMILES string of the molecule is COc1cc(/C=C2\SC(=O)N(CCOc3cc(C)ccc3C)C2=O)ccc1OCc1c(F)cccc1Cl. The van der Waals surface area contributed by atoms with Gasteiger partial charge in [-0.2, -0.15) is 0 Å². The average Bonchev–Trinajstić information content (AvgIpc) is 3.13. The molecule has 0 radical (unpaired) electrons. The van der Waals surface area contributed by atoms with Crippen LogP contribution in [0.15, 0.2) is 59.5 Å². The van der Waals surface area contributed by atoms with Gasteiger partial charge in [-0.15, -0.1) is 0 Å². The third kappa shape index (κ3) is 6.26. The van der Waals surface area contributed by atoms with Gasteiger partial charge in [0.05, 0.1) is 23.6 Å². The fourth-order valence-corrected chi connectivity index (χ4v) is 4.75. The molecule has 0 N–H and O–H groups in total. The minimum Gasteiger partial charge on any atom is -0.493 e. The van der Waals surface area contributed by atoms with Crippen LogP contribution in [0.1, 0.15) is 22.3 Å². The third-order valence-electron chi connectivity index (χ3n) is 5.71. The van der Waals surface area contributed by atoms with Crippen LogP contribution in [0.25, 0.3) is 6.08 Å². The molecule has 0 aromatic heterocycles. The van der Waals surface area contributed by atoms with E-state index in [0.717, 1.165) is 28.6 Å². The normalized spacial score (nSPS) is 14.4. The molecule has 1 fully saturated rings. The Labute approximate surface area is 224 Å². The van der Waals surface area contributed by atoms with E-state index >= 15 is 0 Å². The van der Waals surface area contributed by atoms with Gasteiger partial charge in [-0.05, 0) is 78.7 Å². The second-order valence-corrected chi connectivity index (χ2v) is 9.75. The van der Waals surface area contributed by atoms with Crippen LogP contribution in [-0.4, -0.2) is 36.3 Å². The molecule has 0 spiro atoms. The number of halogens is 2. The molecular weight excluding hydrogens is 517 g/mol. The number of amides is 2. The predicted molar refractivity (Wildman–Crippen MR) is 143 cm³/mol. The molecule has 9 heteroatoms. The number of carbonyl (C=O) groups excluding carboxylic acids is 2. The fourth-order valence-electron chi connectivity index (χ4n) is 3.67. The standard InChI is InChI=1S/C28H25ClFNO5S/c1-17-7-8-18(2)24(13-17)35-12-11-31-27(32)26(37-28(31)33)15-19-9-10-23(25(14-19)34-3)36-16-20-21(29)5-4-6-22(20)30/h4-10,13-15H,11-12,16H2,1-3H3/b26-15-. The van der Waals surface area contributed by atoms with E-state index in [0.29, 0.717) is 22.0 Å². The van der Waals surface area contributed by atoms with E-state index in [1.807, 2.05) is 32.0 Å². The van der Waals surface area contributed by atoms with Crippen molar-refractivity contribution >= 4 is 40.6 Å². The summed E-state index contributed by atoms with van der Waals surface area (Å²) in [4.78, 5) is 26.8. The molecule has 192 valence electrons. The van der Waals surface area contributed by atoms with Crippen LogP contribution in [0.3, 0.4) is 0 Å². The van der Waals surface area contributed by atoms with Crippen LogP contribution in [0.5, 0.6) is 17.2 Å². The van der Waals surface area contributed by atoms with Crippen LogP contribution in [0.4, 0.5) is 9.18 Å². The maximum absolute atomic E-state index is 14.0. The molecule has 37 heavy (non-hydrogen) atoms. The topological polar surface area (TPSA) is 65.1 Å². The van der Waals surface area contributed by atoms with Gasteiger partial charge in [0, 0.05) is 5.56 Å². The van der Waals surface area contributed by atoms with Gasteiger partial charge in [0.25, 0.3) is 11.1 Å². The number of hydrogen-bond acceptors (Lipinski definition) is 6. The molecule has 0 atom stereocenters. The molecule has 0 unspecified atom stereocenters. The van der Waals surface area contributed by atoms with E-state index in [-0.39, 0.29) is 41.5 Å². The summed E-state index contributed by atoms with van der Waals surface area (Å²) in [5.41, 5.74) is 2.94. The zero-order chi connectivity index (χ0) is 26.5. The molecule has 3 aromatic rings. The molecular formula is C28H25ClFNO5S. The van der Waals surface area contributed by atoms with Crippen molar-refractivity contribution in [2.75, 3.05) is 20.3 Å². The average molecular weight is 542 g/mol. The number of ether oxygens (including phenoxy) is 3. The van der Waals surface area contributed by atoms with Crippen molar-refractivity contribution in [3.05, 3.63) is 92.6 Å². The van der Waals surface area contributed by atoms with Crippen LogP contribution in [0, 0.1) is 19.7 Å². The van der Waals surface area contributed by atoms with Gasteiger partial charge in [0.2, 0.25) is 0 Å². The number of imide groups is 1. The van der Waals surface area contributed by atoms with Gasteiger partial charge in [0.1, 0.15) is 24.8 Å². The highest BCUT2D eigenvalue weighted by Crippen LogP contribution is 2.35. The summed E-state index contributed by atoms with van der Waals surface area (Å²) in [5, 5.41) is -0.0831. The van der Waals surface area contributed by atoms with Crippen molar-refractivity contribution in [3.8, 4) is 17.2 Å². The molecule has 2 amide bonds. The Morgan fingerprint density at radius 1 is 1.00 bits per heavy atom. The smallest absolute Gasteiger partial charge is 0.293 e. The zero-order valence-corrected chi connectivity index (χ0v) is 22.1. The van der Waals surface area contributed by atoms with Crippen LogP contribution in [0.2, 0.25) is 5.02 Å². The fraction of sp³-hybridized carbons (Fsp3) is 0.214. The maximum Gasteiger partial charge on any atom is 0.293 e. The second-order valence-electron chi connectivity index (χ2n) is 8.35. The highest BCUT2D eigenvalue weighted by atomic mass is 35.5. The molecule has 0 saturated carbocycles. The van der Waals surface area contributed by atoms with Crippen molar-refractivity contribution in [1.29, 1.82) is 0 Å². The van der Waals surface area contributed by atoms with E-state index in [1.165, 1.54) is 24.1 Å². The lowest BCUT2D eigenvalue weighted by molar-refractivity contribution is -0.123. The highest BCUT2D eigenvalue weighted by molar-refractivity contribution is 8.18. The Balaban J connectivity index is 1.42. The summed E-state index contributed by atoms with van der Waals surface area (Å²) >= 11 is 6.94. The molecule has 1 aliphatic rings. The first-order chi connectivity index (χ1) is 17.8. The summed E-state index contributed by atoms with van der Waals surface area (Å²) in [5.74, 6) is 0.665. The third-order valence-corrected chi connectivity index (χ3v) is 6.97. The van der Waals surface area contributed by atoms with Gasteiger partial charge in [-0.3, -0.25) is 14.5 Å². The number of nitrogens with zero attached hydrogens (tertiary/aromatic N) is 1. The minimum absolute atomic E-state index is 0.0791. The number of aryl methyl sites for hydroxylation is 2. The molecule has 1 aliphatic heterocycles. The summed E-state index contributed by atoms with van der Waals surface area (Å²) < 4.78 is 31.0. The molecule has 0 bridgehead atoms. The molecule has 1 saturated heterocycles. The maximum atomic E-state index is 14.0. The van der Waals surface area contributed by atoms with Crippen molar-refractivity contribution in [3.63, 3.8) is 0 Å². The summed E-state index contributed by atoms with van der Waals surface area (Å²) in [6.45, 7) is 4.17. The monoisotopic (exact) mass is 541 g/mol. The first kappa shape index (κ1) is 26.6. The number of thioether (sulfide) groups is 1. The lowest BCUT2D eigenvalue weighted by Gasteiger charge is -2.14. The molecule has 3 aromatic carbocycles. The number of carbonyl (C=O) groups is 2. The van der Waals surface area contributed by atoms with Crippen molar-refractivity contribution in [1.82, 2.24) is 4.90 Å². The number of methoxy groups -OCH3 is 1. The Morgan fingerprint density at radius 3 is 2.57 bits per heavy atom. The van der Waals surface area contributed by atoms with E-state index in [9.17, 15) is 14.0 Å². The highest BCUT2D eigenvalue weighted by Gasteiger charge is 2.34. The summed E-state index contributed by atoms with van der Waals surface area (Å²) in [6, 6.07) is 15.4. The first-order valence-electron chi connectivity index (χ1n) is 11.5. The second kappa shape index (κ2) is 11.7. The van der Waals surface area contributed by atoms with Crippen molar-refractivity contribution < 1.29 is 28.2 Å². The van der Waals surface area contributed by atoms with E-state index in [4.69, 9.17) is 25.8 Å². The van der Waals surface area contributed by atoms with Crippen molar-refractivity contribution in [2.45, 2.75) is 20.5 Å². The van der Waals surface area contributed by atoms with Gasteiger partial charge in [0.15, 0.2) is 11.5 Å². The molecule has 0 aliphatic carbocycles. The molecule has 1 heterocycles. The quantitative estimate of drug-likeness (QED) is 0.278. The van der Waals surface area contributed by atoms with Crippen molar-refractivity contribution in [2.24, 2.45) is 0 Å². The summed E-state index contributed by atoms with van der Waals surface area (Å²) in [6.07, 6.45) is 1.62. The van der Waals surface area contributed by atoms with Gasteiger partial charge >= 0.3 is 0 Å². The van der Waals surface area contributed by atoms with Crippen LogP contribution < -0.4 is 14.2 Å². The Kier molecular flexibility index (Phi) is 8.41. The van der Waals surface area contributed by atoms with E-state index in [1.54, 1.807) is 30.3 Å². The Bertz CT molecular complexity index is 1360. The number of rotatable bonds is 9. The van der Waals surface area contributed by atoms with Crippen LogP contribution >= 0.6 is 23.4 Å². The van der Waals surface area contributed by atoms with E-state index < -0.39 is 5.82 Å². The Morgan fingerprint density at radius 2 is 1.81 bits per heavy atom. The zero-order valence-electron chi connectivity index (χ0n) is 20.5. The minimum atomic E-state index is -0.460. The predicted octanol–water partition coefficient (Wildman–Crippen LogP) is 6.80. The Hall–Kier alpha value is -3.49. The lowest BCUT2D eigenvalue weighted by atomic mass is 10.1. The lowest BCUT2D eigenvalue weighted by Crippen LogP contribution is -2.32. The van der Waals surface area contributed by atoms with Gasteiger partial charge in [-0.1, -0.05) is 35.9 Å².